The monoisotopic (exact) mass is 516 g/mol. The fourth-order valence-corrected chi connectivity index (χ4v) is 5.59. The van der Waals surface area contributed by atoms with Crippen LogP contribution in [0.15, 0.2) is 119 Å². The summed E-state index contributed by atoms with van der Waals surface area (Å²) in [5.74, 6) is 0. The normalized spacial score (nSPS) is 11.8. The van der Waals surface area contributed by atoms with Gasteiger partial charge in [-0.1, -0.05) is 97.1 Å². The molecular weight excluding hydrogens is 484 g/mol. The molecule has 40 heavy (non-hydrogen) atoms. The lowest BCUT2D eigenvalue weighted by Gasteiger charge is -2.16. The van der Waals surface area contributed by atoms with Crippen LogP contribution in [0.4, 0.5) is 11.4 Å². The summed E-state index contributed by atoms with van der Waals surface area (Å²) in [5.41, 5.74) is 11.3. The van der Waals surface area contributed by atoms with Gasteiger partial charge in [0, 0.05) is 23.6 Å². The molecule has 6 aromatic rings. The molecule has 194 valence electrons. The van der Waals surface area contributed by atoms with E-state index >= 15 is 0 Å². The van der Waals surface area contributed by atoms with E-state index in [0.29, 0.717) is 0 Å². The predicted octanol–water partition coefficient (Wildman–Crippen LogP) is 10.4. The third-order valence-corrected chi connectivity index (χ3v) is 7.81. The average molecular weight is 517 g/mol. The number of hydrogen-bond donors (Lipinski definition) is 0. The zero-order valence-corrected chi connectivity index (χ0v) is 23.4. The molecule has 0 fully saturated rings. The van der Waals surface area contributed by atoms with Gasteiger partial charge in [-0.2, -0.15) is 0 Å². The largest absolute Gasteiger partial charge is 0.256 e. The van der Waals surface area contributed by atoms with Gasteiger partial charge in [-0.05, 0) is 94.8 Å². The van der Waals surface area contributed by atoms with Crippen molar-refractivity contribution in [3.05, 3.63) is 143 Å². The summed E-state index contributed by atoms with van der Waals surface area (Å²) in [7, 11) is 0. The van der Waals surface area contributed by atoms with Crippen LogP contribution >= 0.6 is 0 Å². The van der Waals surface area contributed by atoms with Crippen molar-refractivity contribution in [1.82, 2.24) is 0 Å². The van der Waals surface area contributed by atoms with Gasteiger partial charge in [-0.25, -0.2) is 0 Å². The molecule has 0 saturated carbocycles. The first-order chi connectivity index (χ1) is 19.5. The van der Waals surface area contributed by atoms with Gasteiger partial charge < -0.3 is 0 Å². The molecule has 0 spiro atoms. The Morgan fingerprint density at radius 3 is 1.18 bits per heavy atom. The maximum atomic E-state index is 5.14. The molecule has 2 heteroatoms. The molecule has 0 saturated heterocycles. The van der Waals surface area contributed by atoms with Crippen LogP contribution in [0.1, 0.15) is 33.4 Å². The Balaban J connectivity index is 1.64. The van der Waals surface area contributed by atoms with E-state index in [1.807, 2.05) is 12.4 Å². The molecule has 0 heterocycles. The number of nitrogens with zero attached hydrogens (tertiary/aromatic N) is 2. The van der Waals surface area contributed by atoms with E-state index in [0.717, 1.165) is 33.6 Å². The first-order valence-electron chi connectivity index (χ1n) is 13.8. The topological polar surface area (TPSA) is 24.7 Å². The highest BCUT2D eigenvalue weighted by atomic mass is 14.7. The molecule has 0 bridgehead atoms. The quantitative estimate of drug-likeness (QED) is 0.204. The molecule has 2 nitrogen and oxygen atoms in total. The van der Waals surface area contributed by atoms with E-state index in [1.54, 1.807) is 0 Å². The summed E-state index contributed by atoms with van der Waals surface area (Å²) in [6, 6.07) is 38.5. The minimum Gasteiger partial charge on any atom is -0.256 e. The van der Waals surface area contributed by atoms with Crippen LogP contribution in [0.3, 0.4) is 0 Å². The maximum Gasteiger partial charge on any atom is 0.0715 e. The molecule has 6 rings (SSSR count). The molecule has 0 aliphatic heterocycles. The van der Waals surface area contributed by atoms with Gasteiger partial charge >= 0.3 is 0 Å². The molecule has 0 radical (unpaired) electrons. The summed E-state index contributed by atoms with van der Waals surface area (Å²) in [6.07, 6.45) is 4.03. The fourth-order valence-electron chi connectivity index (χ4n) is 5.59. The van der Waals surface area contributed by atoms with Crippen molar-refractivity contribution in [2.24, 2.45) is 9.98 Å². The lowest BCUT2D eigenvalue weighted by molar-refractivity contribution is 1.36. The van der Waals surface area contributed by atoms with Crippen LogP contribution in [-0.2, 0) is 0 Å². The number of rotatable bonds is 5. The number of hydrogen-bond acceptors (Lipinski definition) is 2. The molecule has 6 aromatic carbocycles. The Kier molecular flexibility index (Phi) is 6.84. The lowest BCUT2D eigenvalue weighted by Crippen LogP contribution is -1.93. The second-order valence-corrected chi connectivity index (χ2v) is 10.5. The summed E-state index contributed by atoms with van der Waals surface area (Å²) in [4.78, 5) is 10.3. The van der Waals surface area contributed by atoms with Crippen molar-refractivity contribution < 1.29 is 0 Å². The molecule has 0 aliphatic rings. The zero-order chi connectivity index (χ0) is 27.6. The molecule has 0 atom stereocenters. The second kappa shape index (κ2) is 10.7. The molecular formula is C38H32N2. The van der Waals surface area contributed by atoms with E-state index in [2.05, 4.69) is 137 Å². The highest BCUT2D eigenvalue weighted by Gasteiger charge is 2.17. The molecule has 0 N–H and O–H groups in total. The SMILES string of the molecule is Cc1cccc(C)c1/C=N\c1ccc2ccccc2c1-c1c(/N=C/c2c(C)cccc2C)ccc2ccccc12. The van der Waals surface area contributed by atoms with Crippen molar-refractivity contribution in [2.45, 2.75) is 27.7 Å². The Morgan fingerprint density at radius 2 is 0.775 bits per heavy atom. The van der Waals surface area contributed by atoms with Crippen molar-refractivity contribution >= 4 is 45.3 Å². The second-order valence-electron chi connectivity index (χ2n) is 10.5. The Bertz CT molecular complexity index is 1760. The lowest BCUT2D eigenvalue weighted by atomic mass is 9.91. The third kappa shape index (κ3) is 4.74. The first kappa shape index (κ1) is 25.5. The summed E-state index contributed by atoms with van der Waals surface area (Å²) >= 11 is 0. The number of aliphatic imine (C=N–C) groups is 2. The molecule has 0 aromatic heterocycles. The van der Waals surface area contributed by atoms with Crippen molar-refractivity contribution in [2.75, 3.05) is 0 Å². The number of fused-ring (bicyclic) bond motifs is 2. The number of aryl methyl sites for hydroxylation is 4. The smallest absolute Gasteiger partial charge is 0.0715 e. The molecule has 0 aliphatic carbocycles. The summed E-state index contributed by atoms with van der Waals surface area (Å²) < 4.78 is 0. The van der Waals surface area contributed by atoms with E-state index in [9.17, 15) is 0 Å². The summed E-state index contributed by atoms with van der Waals surface area (Å²) in [5, 5.41) is 4.69. The minimum atomic E-state index is 0.932. The fraction of sp³-hybridized carbons (Fsp3) is 0.105. The Morgan fingerprint density at radius 1 is 0.400 bits per heavy atom. The maximum absolute atomic E-state index is 5.14. The van der Waals surface area contributed by atoms with Crippen LogP contribution < -0.4 is 0 Å². The highest BCUT2D eigenvalue weighted by Crippen LogP contribution is 2.45. The predicted molar refractivity (Wildman–Crippen MR) is 173 cm³/mol. The van der Waals surface area contributed by atoms with Crippen LogP contribution in [0, 0.1) is 27.7 Å². The minimum absolute atomic E-state index is 0.932. The highest BCUT2D eigenvalue weighted by molar-refractivity contribution is 6.13. The number of benzene rings is 6. The van der Waals surface area contributed by atoms with E-state index < -0.39 is 0 Å². The van der Waals surface area contributed by atoms with Gasteiger partial charge in [0.25, 0.3) is 0 Å². The van der Waals surface area contributed by atoms with Crippen molar-refractivity contribution in [1.29, 1.82) is 0 Å². The van der Waals surface area contributed by atoms with Crippen LogP contribution in [0.25, 0.3) is 32.7 Å². The Hall–Kier alpha value is -4.82. The van der Waals surface area contributed by atoms with Crippen LogP contribution in [0.5, 0.6) is 0 Å². The zero-order valence-electron chi connectivity index (χ0n) is 23.4. The Labute approximate surface area is 236 Å². The standard InChI is InChI=1S/C38H32N2/c1-25-11-9-12-26(2)33(25)23-39-35-21-19-29-15-5-7-17-31(29)37(35)38-32-18-8-6-16-30(32)20-22-36(38)40-24-34-27(3)13-10-14-28(34)4/h5-24H,1-4H3/b39-23-,40-24+. The van der Waals surface area contributed by atoms with Crippen molar-refractivity contribution in [3.8, 4) is 11.1 Å². The van der Waals surface area contributed by atoms with E-state index in [1.165, 1.54) is 43.8 Å². The van der Waals surface area contributed by atoms with Crippen molar-refractivity contribution in [3.63, 3.8) is 0 Å². The van der Waals surface area contributed by atoms with Gasteiger partial charge in [-0.3, -0.25) is 9.98 Å². The first-order valence-corrected chi connectivity index (χ1v) is 13.8. The van der Waals surface area contributed by atoms with Crippen LogP contribution in [-0.4, -0.2) is 12.4 Å². The van der Waals surface area contributed by atoms with E-state index in [4.69, 9.17) is 9.98 Å². The van der Waals surface area contributed by atoms with E-state index in [-0.39, 0.29) is 0 Å². The van der Waals surface area contributed by atoms with Crippen LogP contribution in [0.2, 0.25) is 0 Å². The van der Waals surface area contributed by atoms with Gasteiger partial charge in [-0.15, -0.1) is 0 Å². The van der Waals surface area contributed by atoms with Gasteiger partial charge in [0.1, 0.15) is 0 Å². The third-order valence-electron chi connectivity index (χ3n) is 7.81. The average Bonchev–Trinajstić information content (AvgIpc) is 2.96. The molecule has 0 amide bonds. The summed E-state index contributed by atoms with van der Waals surface area (Å²) in [6.45, 7) is 8.56. The molecule has 0 unspecified atom stereocenters. The van der Waals surface area contributed by atoms with Gasteiger partial charge in [0.2, 0.25) is 0 Å². The van der Waals surface area contributed by atoms with Gasteiger partial charge in [0.15, 0.2) is 0 Å². The van der Waals surface area contributed by atoms with Gasteiger partial charge in [0.05, 0.1) is 11.4 Å².